The molecule has 0 spiro atoms. The van der Waals surface area contributed by atoms with Gasteiger partial charge in [0.05, 0.1) is 49.5 Å². The van der Waals surface area contributed by atoms with Crippen LogP contribution in [0.1, 0.15) is 60.4 Å². The third kappa shape index (κ3) is 5.05. The summed E-state index contributed by atoms with van der Waals surface area (Å²) in [5, 5.41) is 10.3. The summed E-state index contributed by atoms with van der Waals surface area (Å²) < 4.78 is 16.1. The molecule has 0 amide bonds. The zero-order chi connectivity index (χ0) is 30.3. The van der Waals surface area contributed by atoms with Crippen LogP contribution in [-0.4, -0.2) is 38.7 Å². The van der Waals surface area contributed by atoms with Crippen molar-refractivity contribution >= 4 is 23.6 Å². The Morgan fingerprint density at radius 1 is 0.907 bits per heavy atom. The minimum absolute atomic E-state index is 0.0500. The molecule has 0 saturated heterocycles. The van der Waals surface area contributed by atoms with E-state index in [-0.39, 0.29) is 33.6 Å². The maximum Gasteiger partial charge on any atom is 0.355 e. The highest BCUT2D eigenvalue weighted by atomic mass is 16.5. The second kappa shape index (κ2) is 11.3. The first-order valence-electron chi connectivity index (χ1n) is 14.7. The summed E-state index contributed by atoms with van der Waals surface area (Å²) in [5.74, 6) is -0.963. The number of nitrogens with two attached hydrogens (primary N) is 1. The average molecular weight is 582 g/mol. The lowest BCUT2D eigenvalue weighted by Gasteiger charge is -2.56. The van der Waals surface area contributed by atoms with Gasteiger partial charge < -0.3 is 19.9 Å². The Balaban J connectivity index is 1.36. The average Bonchev–Trinajstić information content (AvgIpc) is 3.02. The summed E-state index contributed by atoms with van der Waals surface area (Å²) >= 11 is 0. The van der Waals surface area contributed by atoms with E-state index in [4.69, 9.17) is 19.9 Å². The Labute approximate surface area is 250 Å². The molecule has 2 aromatic carbocycles. The normalized spacial score (nSPS) is 27.5. The molecule has 1 atom stereocenters. The largest absolute Gasteiger partial charge is 0.466 e. The number of nitriles is 1. The number of carbonyl (C=O) groups is 3. The van der Waals surface area contributed by atoms with Crippen LogP contribution in [0, 0.1) is 34.5 Å². The first-order valence-corrected chi connectivity index (χ1v) is 14.7. The van der Waals surface area contributed by atoms with Crippen molar-refractivity contribution in [1.29, 1.82) is 5.26 Å². The zero-order valence-electron chi connectivity index (χ0n) is 24.4. The molecule has 2 N–H and O–H groups in total. The number of carbonyl (C=O) groups excluding carboxylic acids is 3. The highest BCUT2D eigenvalue weighted by Crippen LogP contribution is 2.60. The lowest BCUT2D eigenvalue weighted by molar-refractivity contribution is -0.139. The first-order chi connectivity index (χ1) is 20.8. The Bertz CT molecular complexity index is 1530. The number of anilines is 1. The van der Waals surface area contributed by atoms with E-state index in [0.717, 1.165) is 37.0 Å². The van der Waals surface area contributed by atoms with Gasteiger partial charge in [-0.3, -0.25) is 4.90 Å². The molecule has 1 heterocycles. The smallest absolute Gasteiger partial charge is 0.355 e. The van der Waals surface area contributed by atoms with Crippen molar-refractivity contribution in [2.75, 3.05) is 25.7 Å². The molecule has 4 fully saturated rings. The molecule has 5 aliphatic rings. The fraction of sp³-hybridized carbons (Fsp3) is 0.412. The van der Waals surface area contributed by atoms with Crippen molar-refractivity contribution in [2.45, 2.75) is 44.4 Å². The second-order valence-corrected chi connectivity index (χ2v) is 12.4. The quantitative estimate of drug-likeness (QED) is 0.356. The molecule has 7 rings (SSSR count). The van der Waals surface area contributed by atoms with Crippen LogP contribution in [0.4, 0.5) is 5.69 Å². The summed E-state index contributed by atoms with van der Waals surface area (Å²) in [4.78, 5) is 41.3. The molecular weight excluding hydrogens is 546 g/mol. The van der Waals surface area contributed by atoms with Crippen molar-refractivity contribution in [1.82, 2.24) is 0 Å². The van der Waals surface area contributed by atoms with E-state index in [2.05, 4.69) is 6.07 Å². The lowest BCUT2D eigenvalue weighted by atomic mass is 9.50. The number of esters is 3. The van der Waals surface area contributed by atoms with E-state index in [1.54, 1.807) is 54.6 Å². The predicted octanol–water partition coefficient (Wildman–Crippen LogP) is 4.96. The van der Waals surface area contributed by atoms with Gasteiger partial charge in [-0.25, -0.2) is 14.4 Å². The zero-order valence-corrected chi connectivity index (χ0v) is 24.4. The fourth-order valence-corrected chi connectivity index (χ4v) is 8.32. The number of methoxy groups -OCH3 is 2. The Hall–Kier alpha value is -4.58. The third-order valence-corrected chi connectivity index (χ3v) is 9.62. The van der Waals surface area contributed by atoms with Crippen LogP contribution in [0.5, 0.6) is 0 Å². The maximum atomic E-state index is 13.4. The summed E-state index contributed by atoms with van der Waals surface area (Å²) in [7, 11) is 2.39. The number of allylic oxidation sites excluding steroid dienone is 1. The second-order valence-electron chi connectivity index (χ2n) is 12.4. The van der Waals surface area contributed by atoms with Crippen LogP contribution >= 0.6 is 0 Å². The van der Waals surface area contributed by atoms with Gasteiger partial charge in [0.1, 0.15) is 11.5 Å². The molecule has 4 aliphatic carbocycles. The van der Waals surface area contributed by atoms with Crippen molar-refractivity contribution in [3.8, 4) is 6.07 Å². The highest BCUT2D eigenvalue weighted by Gasteiger charge is 2.51. The van der Waals surface area contributed by atoms with E-state index in [1.807, 2.05) is 0 Å². The summed E-state index contributed by atoms with van der Waals surface area (Å²) in [6.45, 7) is 0.391. The Morgan fingerprint density at radius 3 is 2.12 bits per heavy atom. The molecule has 1 unspecified atom stereocenters. The molecular formula is C34H35N3O6. The number of hydrogen-bond donors (Lipinski definition) is 1. The minimum atomic E-state index is -0.975. The molecule has 0 aromatic heterocycles. The maximum absolute atomic E-state index is 13.4. The van der Waals surface area contributed by atoms with Crippen LogP contribution < -0.4 is 10.6 Å². The molecule has 9 heteroatoms. The van der Waals surface area contributed by atoms with Crippen molar-refractivity contribution < 1.29 is 28.6 Å². The molecule has 43 heavy (non-hydrogen) atoms. The van der Waals surface area contributed by atoms with Crippen LogP contribution in [0.25, 0.3) is 0 Å². The predicted molar refractivity (Wildman–Crippen MR) is 157 cm³/mol. The van der Waals surface area contributed by atoms with Crippen molar-refractivity contribution in [3.05, 3.63) is 88.4 Å². The molecule has 4 bridgehead atoms. The number of nitrogens with zero attached hydrogens (tertiary/aromatic N) is 2. The third-order valence-electron chi connectivity index (χ3n) is 9.62. The van der Waals surface area contributed by atoms with Gasteiger partial charge in [-0.05, 0) is 80.0 Å². The highest BCUT2D eigenvalue weighted by molar-refractivity contribution is 6.06. The van der Waals surface area contributed by atoms with Gasteiger partial charge in [-0.15, -0.1) is 0 Å². The van der Waals surface area contributed by atoms with E-state index >= 15 is 0 Å². The number of ether oxygens (including phenoxy) is 3. The number of rotatable bonds is 7. The summed E-state index contributed by atoms with van der Waals surface area (Å²) in [5.41, 5.74) is 7.56. The van der Waals surface area contributed by atoms with Gasteiger partial charge in [-0.1, -0.05) is 36.4 Å². The minimum Gasteiger partial charge on any atom is -0.466 e. The molecule has 4 saturated carbocycles. The Morgan fingerprint density at radius 2 is 1.53 bits per heavy atom. The number of hydrogen-bond acceptors (Lipinski definition) is 9. The van der Waals surface area contributed by atoms with Crippen LogP contribution in [0.2, 0.25) is 0 Å². The van der Waals surface area contributed by atoms with Gasteiger partial charge in [0.25, 0.3) is 0 Å². The van der Waals surface area contributed by atoms with Crippen molar-refractivity contribution in [3.63, 3.8) is 0 Å². The van der Waals surface area contributed by atoms with Crippen molar-refractivity contribution in [2.24, 2.45) is 28.9 Å². The standard InChI is InChI=1S/C34H35N3O6/c1-41-32(39)28-27(23-7-4-3-5-8-23)26(18-35)30(36)37(29(28)33(40)42-2)25-10-6-9-24(14-25)31(38)43-19-34-15-20-11-21(16-34)13-22(12-20)17-34/h3-10,14,20-22,27H,11-13,15-17,19,36H2,1-2H3. The molecule has 222 valence electrons. The molecule has 9 nitrogen and oxygen atoms in total. The van der Waals surface area contributed by atoms with Crippen LogP contribution in [-0.2, 0) is 23.8 Å². The molecule has 0 radical (unpaired) electrons. The van der Waals surface area contributed by atoms with Gasteiger partial charge in [0.15, 0.2) is 0 Å². The van der Waals surface area contributed by atoms with E-state index in [0.29, 0.717) is 17.9 Å². The lowest BCUT2D eigenvalue weighted by Crippen LogP contribution is -2.48. The first kappa shape index (κ1) is 28.5. The topological polar surface area (TPSA) is 132 Å². The summed E-state index contributed by atoms with van der Waals surface area (Å²) in [6.07, 6.45) is 7.26. The van der Waals surface area contributed by atoms with Gasteiger partial charge in [-0.2, -0.15) is 5.26 Å². The van der Waals surface area contributed by atoms with E-state index < -0.39 is 23.8 Å². The van der Waals surface area contributed by atoms with Gasteiger partial charge >= 0.3 is 17.9 Å². The summed E-state index contributed by atoms with van der Waals surface area (Å²) in [6, 6.07) is 17.4. The Kier molecular flexibility index (Phi) is 7.47. The van der Waals surface area contributed by atoms with Gasteiger partial charge in [0.2, 0.25) is 0 Å². The monoisotopic (exact) mass is 581 g/mol. The van der Waals surface area contributed by atoms with Gasteiger partial charge in [0, 0.05) is 11.1 Å². The van der Waals surface area contributed by atoms with E-state index in [1.165, 1.54) is 38.4 Å². The van der Waals surface area contributed by atoms with Crippen LogP contribution in [0.15, 0.2) is 77.3 Å². The number of benzene rings is 2. The fourth-order valence-electron chi connectivity index (χ4n) is 8.32. The van der Waals surface area contributed by atoms with Crippen LogP contribution in [0.3, 0.4) is 0 Å². The van der Waals surface area contributed by atoms with E-state index in [9.17, 15) is 19.6 Å². The SMILES string of the molecule is COC(=O)C1=C(C(=O)OC)N(c2cccc(C(=O)OCC34CC5CC(CC(C5)C3)C4)c2)C(N)=C(C#N)C1c1ccccc1. The molecule has 2 aromatic rings. The molecule has 1 aliphatic heterocycles.